The summed E-state index contributed by atoms with van der Waals surface area (Å²) in [6.07, 6.45) is 14.8. The molecule has 6 rings (SSSR count). The lowest BCUT2D eigenvalue weighted by Gasteiger charge is -2.57. The van der Waals surface area contributed by atoms with Gasteiger partial charge >= 0.3 is 12.0 Å². The van der Waals surface area contributed by atoms with Crippen molar-refractivity contribution in [2.45, 2.75) is 57.5 Å². The lowest BCUT2D eigenvalue weighted by atomic mass is 9.48. The van der Waals surface area contributed by atoms with E-state index in [4.69, 9.17) is 9.47 Å². The highest BCUT2D eigenvalue weighted by molar-refractivity contribution is 5.86. The molecule has 4 bridgehead atoms. The highest BCUT2D eigenvalue weighted by Crippen LogP contribution is 2.60. The van der Waals surface area contributed by atoms with E-state index in [1.54, 1.807) is 25.4 Å². The van der Waals surface area contributed by atoms with E-state index in [2.05, 4.69) is 34.2 Å². The molecule has 1 heterocycles. The van der Waals surface area contributed by atoms with Gasteiger partial charge in [0, 0.05) is 24.0 Å². The van der Waals surface area contributed by atoms with Crippen LogP contribution in [0, 0.1) is 17.8 Å². The van der Waals surface area contributed by atoms with Crippen LogP contribution < -0.4 is 4.74 Å². The number of benzene rings is 1. The van der Waals surface area contributed by atoms with Crippen LogP contribution >= 0.6 is 0 Å². The van der Waals surface area contributed by atoms with Crippen LogP contribution in [0.1, 0.15) is 62.1 Å². The van der Waals surface area contributed by atoms with Gasteiger partial charge in [-0.2, -0.15) is 0 Å². The quantitative estimate of drug-likeness (QED) is 0.462. The molecule has 0 amide bonds. The molecule has 0 saturated heterocycles. The maximum absolute atomic E-state index is 11.4. The van der Waals surface area contributed by atoms with Crippen LogP contribution in [-0.4, -0.2) is 22.5 Å². The SMILES string of the molecule is CCOC(=O)C=Cc1cnc(OCc2cccc(C34CC5CC(CC(C5)C3)C4)c2)nc1. The predicted octanol–water partition coefficient (Wildman–Crippen LogP) is 5.10. The molecule has 1 aromatic heterocycles. The van der Waals surface area contributed by atoms with E-state index in [9.17, 15) is 4.79 Å². The van der Waals surface area contributed by atoms with Crippen LogP contribution in [0.4, 0.5) is 0 Å². The van der Waals surface area contributed by atoms with E-state index in [-0.39, 0.29) is 5.97 Å². The van der Waals surface area contributed by atoms with Crippen LogP contribution in [0.15, 0.2) is 42.7 Å². The van der Waals surface area contributed by atoms with Crippen LogP contribution in [-0.2, 0) is 21.6 Å². The molecule has 1 aromatic carbocycles. The number of nitrogens with zero attached hydrogens (tertiary/aromatic N) is 2. The Morgan fingerprint density at radius 1 is 1.10 bits per heavy atom. The molecule has 0 spiro atoms. The minimum Gasteiger partial charge on any atom is -0.463 e. The third-order valence-electron chi connectivity index (χ3n) is 7.29. The second-order valence-corrected chi connectivity index (χ2v) is 9.57. The van der Waals surface area contributed by atoms with E-state index in [1.165, 1.54) is 55.7 Å². The summed E-state index contributed by atoms with van der Waals surface area (Å²) in [6, 6.07) is 9.33. The van der Waals surface area contributed by atoms with Gasteiger partial charge < -0.3 is 9.47 Å². The van der Waals surface area contributed by atoms with Crippen molar-refractivity contribution in [2.75, 3.05) is 6.61 Å². The van der Waals surface area contributed by atoms with E-state index in [1.807, 2.05) is 0 Å². The van der Waals surface area contributed by atoms with Gasteiger partial charge in [-0.25, -0.2) is 14.8 Å². The number of rotatable bonds is 7. The van der Waals surface area contributed by atoms with Gasteiger partial charge in [0.1, 0.15) is 6.61 Å². The minimum atomic E-state index is -0.373. The second kappa shape index (κ2) is 8.45. The normalized spacial score (nSPS) is 28.7. The van der Waals surface area contributed by atoms with Crippen molar-refractivity contribution in [3.05, 3.63) is 59.4 Å². The van der Waals surface area contributed by atoms with Gasteiger partial charge in [0.15, 0.2) is 0 Å². The van der Waals surface area contributed by atoms with E-state index < -0.39 is 0 Å². The molecule has 4 aliphatic carbocycles. The van der Waals surface area contributed by atoms with Gasteiger partial charge in [-0.1, -0.05) is 24.3 Å². The number of carbonyl (C=O) groups is 1. The maximum atomic E-state index is 11.4. The summed E-state index contributed by atoms with van der Waals surface area (Å²) in [6.45, 7) is 2.59. The standard InChI is InChI=1S/C26H30N2O3/c1-2-30-24(29)7-6-19-15-27-25(28-16-19)31-17-18-4-3-5-23(11-18)26-12-20-8-21(13-26)10-22(9-20)14-26/h3-7,11,15-16,20-22H,2,8-10,12-14,17H2,1H3. The third kappa shape index (κ3) is 4.36. The van der Waals surface area contributed by atoms with Gasteiger partial charge in [0.05, 0.1) is 6.61 Å². The molecule has 162 valence electrons. The van der Waals surface area contributed by atoms with Crippen LogP contribution in [0.3, 0.4) is 0 Å². The van der Waals surface area contributed by atoms with Crippen molar-refractivity contribution < 1.29 is 14.3 Å². The van der Waals surface area contributed by atoms with Crippen LogP contribution in [0.5, 0.6) is 6.01 Å². The summed E-state index contributed by atoms with van der Waals surface area (Å²) in [5.74, 6) is 2.45. The van der Waals surface area contributed by atoms with E-state index in [0.29, 0.717) is 24.6 Å². The summed E-state index contributed by atoms with van der Waals surface area (Å²) in [5, 5.41) is 0. The summed E-state index contributed by atoms with van der Waals surface area (Å²) < 4.78 is 10.7. The van der Waals surface area contributed by atoms with Crippen molar-refractivity contribution in [2.24, 2.45) is 17.8 Å². The molecule has 0 unspecified atom stereocenters. The van der Waals surface area contributed by atoms with E-state index in [0.717, 1.165) is 23.3 Å². The average Bonchev–Trinajstić information content (AvgIpc) is 2.76. The zero-order chi connectivity index (χ0) is 21.3. The smallest absolute Gasteiger partial charge is 0.330 e. The summed E-state index contributed by atoms with van der Waals surface area (Å²) in [5.41, 5.74) is 3.80. The molecule has 4 fully saturated rings. The number of ether oxygens (including phenoxy) is 2. The predicted molar refractivity (Wildman–Crippen MR) is 118 cm³/mol. The zero-order valence-corrected chi connectivity index (χ0v) is 18.1. The fourth-order valence-electron chi connectivity index (χ4n) is 6.44. The van der Waals surface area contributed by atoms with Crippen molar-refractivity contribution >= 4 is 12.0 Å². The Morgan fingerprint density at radius 3 is 2.42 bits per heavy atom. The Morgan fingerprint density at radius 2 is 1.77 bits per heavy atom. The number of hydrogen-bond acceptors (Lipinski definition) is 5. The first-order chi connectivity index (χ1) is 15.1. The first-order valence-corrected chi connectivity index (χ1v) is 11.5. The monoisotopic (exact) mass is 418 g/mol. The average molecular weight is 419 g/mol. The zero-order valence-electron chi connectivity index (χ0n) is 18.1. The summed E-state index contributed by atoms with van der Waals surface area (Å²) in [7, 11) is 0. The van der Waals surface area contributed by atoms with Crippen molar-refractivity contribution in [1.29, 1.82) is 0 Å². The molecular weight excluding hydrogens is 388 g/mol. The van der Waals surface area contributed by atoms with Gasteiger partial charge in [-0.15, -0.1) is 0 Å². The molecule has 0 atom stereocenters. The van der Waals surface area contributed by atoms with Gasteiger partial charge in [-0.05, 0) is 85.8 Å². The fourth-order valence-corrected chi connectivity index (χ4v) is 6.44. The molecule has 5 nitrogen and oxygen atoms in total. The lowest BCUT2D eigenvalue weighted by molar-refractivity contribution is -0.137. The summed E-state index contributed by atoms with van der Waals surface area (Å²) in [4.78, 5) is 19.9. The number of hydrogen-bond donors (Lipinski definition) is 0. The molecule has 4 aliphatic rings. The third-order valence-corrected chi connectivity index (χ3v) is 7.29. The molecule has 0 N–H and O–H groups in total. The Balaban J connectivity index is 1.22. The largest absolute Gasteiger partial charge is 0.463 e. The molecule has 0 aliphatic heterocycles. The highest BCUT2D eigenvalue weighted by atomic mass is 16.5. The van der Waals surface area contributed by atoms with Crippen LogP contribution in [0.25, 0.3) is 6.08 Å². The molecule has 31 heavy (non-hydrogen) atoms. The molecule has 4 saturated carbocycles. The fraction of sp³-hybridized carbons (Fsp3) is 0.500. The Bertz CT molecular complexity index is 932. The topological polar surface area (TPSA) is 61.3 Å². The van der Waals surface area contributed by atoms with Crippen molar-refractivity contribution in [1.82, 2.24) is 9.97 Å². The maximum Gasteiger partial charge on any atom is 0.330 e. The van der Waals surface area contributed by atoms with Gasteiger partial charge in [0.2, 0.25) is 0 Å². The Kier molecular flexibility index (Phi) is 5.51. The first kappa shape index (κ1) is 20.2. The molecule has 2 aromatic rings. The highest BCUT2D eigenvalue weighted by Gasteiger charge is 2.51. The summed E-state index contributed by atoms with van der Waals surface area (Å²) >= 11 is 0. The molecule has 5 heteroatoms. The number of esters is 1. The molecule has 0 radical (unpaired) electrons. The Hall–Kier alpha value is -2.69. The number of carbonyl (C=O) groups excluding carboxylic acids is 1. The molecular formula is C26H30N2O3. The van der Waals surface area contributed by atoms with Gasteiger partial charge in [0.25, 0.3) is 0 Å². The van der Waals surface area contributed by atoms with Crippen LogP contribution in [0.2, 0.25) is 0 Å². The first-order valence-electron chi connectivity index (χ1n) is 11.5. The number of aromatic nitrogens is 2. The van der Waals surface area contributed by atoms with Crippen molar-refractivity contribution in [3.63, 3.8) is 0 Å². The van der Waals surface area contributed by atoms with E-state index >= 15 is 0 Å². The van der Waals surface area contributed by atoms with Crippen molar-refractivity contribution in [3.8, 4) is 6.01 Å². The van der Waals surface area contributed by atoms with Gasteiger partial charge in [-0.3, -0.25) is 0 Å². The lowest BCUT2D eigenvalue weighted by Crippen LogP contribution is -2.48. The second-order valence-electron chi connectivity index (χ2n) is 9.57. The minimum absolute atomic E-state index is 0.341. The Labute approximate surface area is 183 Å².